The lowest BCUT2D eigenvalue weighted by Crippen LogP contribution is -2.43. The predicted octanol–water partition coefficient (Wildman–Crippen LogP) is 0.355. The second kappa shape index (κ2) is 6.79. The first-order chi connectivity index (χ1) is 10.5. The van der Waals surface area contributed by atoms with Crippen LogP contribution in [0.25, 0.3) is 0 Å². The van der Waals surface area contributed by atoms with Gasteiger partial charge in [-0.05, 0) is 29.8 Å². The third kappa shape index (κ3) is 3.66. The van der Waals surface area contributed by atoms with Gasteiger partial charge in [-0.2, -0.15) is 0 Å². The summed E-state index contributed by atoms with van der Waals surface area (Å²) in [4.78, 5) is 23.3. The first-order valence-electron chi connectivity index (χ1n) is 6.80. The van der Waals surface area contributed by atoms with Gasteiger partial charge in [0.1, 0.15) is 17.9 Å². The summed E-state index contributed by atoms with van der Waals surface area (Å²) in [5.74, 6) is -1.05. The number of aromatic nitrogens is 4. The van der Waals surface area contributed by atoms with Gasteiger partial charge in [0.2, 0.25) is 5.91 Å². The number of hydrogen-bond acceptors (Lipinski definition) is 5. The maximum atomic E-state index is 12.4. The van der Waals surface area contributed by atoms with E-state index in [0.29, 0.717) is 12.2 Å². The minimum Gasteiger partial charge on any atom is -0.480 e. The molecule has 116 valence electrons. The molecule has 0 saturated carbocycles. The van der Waals surface area contributed by atoms with Crippen LogP contribution in [0.15, 0.2) is 30.3 Å². The highest BCUT2D eigenvalue weighted by Crippen LogP contribution is 2.15. The minimum absolute atomic E-state index is 0.366. The molecule has 1 aromatic carbocycles. The van der Waals surface area contributed by atoms with Crippen LogP contribution < -0.4 is 5.32 Å². The molecular formula is C14H17N5O3. The van der Waals surface area contributed by atoms with Crippen molar-refractivity contribution >= 4 is 11.9 Å². The highest BCUT2D eigenvalue weighted by atomic mass is 16.4. The van der Waals surface area contributed by atoms with Gasteiger partial charge in [-0.25, -0.2) is 4.68 Å². The average molecular weight is 303 g/mol. The van der Waals surface area contributed by atoms with Crippen LogP contribution in [0.5, 0.6) is 0 Å². The van der Waals surface area contributed by atoms with Crippen molar-refractivity contribution in [2.45, 2.75) is 32.4 Å². The Hall–Kier alpha value is -2.77. The van der Waals surface area contributed by atoms with Crippen molar-refractivity contribution in [2.75, 3.05) is 0 Å². The van der Waals surface area contributed by atoms with Crippen molar-refractivity contribution in [1.29, 1.82) is 0 Å². The summed E-state index contributed by atoms with van der Waals surface area (Å²) in [5, 5.41) is 22.5. The number of amides is 1. The standard InChI is InChI=1S/C14H17N5O3/c1-9(14(21)22)15-13(20)12(19-10(2)16-17-18-19)8-11-6-4-3-5-7-11/h3-7,9,12H,8H2,1-2H3,(H,15,20)(H,21,22)/t9-,12?/m0/s1. The van der Waals surface area contributed by atoms with E-state index in [1.165, 1.54) is 11.6 Å². The number of hydrogen-bond donors (Lipinski definition) is 2. The Morgan fingerprint density at radius 2 is 2.00 bits per heavy atom. The maximum Gasteiger partial charge on any atom is 0.325 e. The Balaban J connectivity index is 2.24. The number of nitrogens with zero attached hydrogens (tertiary/aromatic N) is 4. The quantitative estimate of drug-likeness (QED) is 0.797. The van der Waals surface area contributed by atoms with Crippen LogP contribution in [0.3, 0.4) is 0 Å². The van der Waals surface area contributed by atoms with E-state index in [1.54, 1.807) is 6.92 Å². The van der Waals surface area contributed by atoms with Crippen LogP contribution in [-0.2, 0) is 16.0 Å². The summed E-state index contributed by atoms with van der Waals surface area (Å²) in [6.45, 7) is 3.10. The van der Waals surface area contributed by atoms with E-state index in [0.717, 1.165) is 5.56 Å². The van der Waals surface area contributed by atoms with Gasteiger partial charge in [0.05, 0.1) is 0 Å². The van der Waals surface area contributed by atoms with Crippen LogP contribution in [-0.4, -0.2) is 43.2 Å². The molecule has 0 fully saturated rings. The second-order valence-corrected chi connectivity index (χ2v) is 4.94. The molecule has 0 radical (unpaired) electrons. The zero-order valence-electron chi connectivity index (χ0n) is 12.3. The van der Waals surface area contributed by atoms with Crippen LogP contribution in [0.2, 0.25) is 0 Å². The molecule has 0 bridgehead atoms. The molecule has 8 heteroatoms. The maximum absolute atomic E-state index is 12.4. The lowest BCUT2D eigenvalue weighted by atomic mass is 10.0. The van der Waals surface area contributed by atoms with E-state index in [4.69, 9.17) is 5.11 Å². The molecular weight excluding hydrogens is 286 g/mol. The second-order valence-electron chi connectivity index (χ2n) is 4.94. The number of nitrogens with one attached hydrogen (secondary N) is 1. The number of tetrazole rings is 1. The summed E-state index contributed by atoms with van der Waals surface area (Å²) in [7, 11) is 0. The molecule has 0 aliphatic carbocycles. The molecule has 0 saturated heterocycles. The number of carbonyl (C=O) groups is 2. The number of rotatable bonds is 6. The molecule has 1 heterocycles. The predicted molar refractivity (Wildman–Crippen MR) is 77.0 cm³/mol. The van der Waals surface area contributed by atoms with Crippen molar-refractivity contribution < 1.29 is 14.7 Å². The molecule has 1 aromatic heterocycles. The number of carbonyl (C=O) groups excluding carboxylic acids is 1. The highest BCUT2D eigenvalue weighted by molar-refractivity contribution is 5.85. The van der Waals surface area contributed by atoms with Crippen molar-refractivity contribution in [1.82, 2.24) is 25.5 Å². The minimum atomic E-state index is -1.10. The number of benzene rings is 1. The fourth-order valence-corrected chi connectivity index (χ4v) is 2.03. The lowest BCUT2D eigenvalue weighted by Gasteiger charge is -2.19. The van der Waals surface area contributed by atoms with Gasteiger partial charge < -0.3 is 10.4 Å². The molecule has 2 rings (SSSR count). The van der Waals surface area contributed by atoms with E-state index >= 15 is 0 Å². The molecule has 22 heavy (non-hydrogen) atoms. The van der Waals surface area contributed by atoms with Gasteiger partial charge >= 0.3 is 5.97 Å². The van der Waals surface area contributed by atoms with Crippen molar-refractivity contribution in [2.24, 2.45) is 0 Å². The summed E-state index contributed by atoms with van der Waals surface area (Å²) < 4.78 is 1.40. The number of aryl methyl sites for hydroxylation is 1. The van der Waals surface area contributed by atoms with Gasteiger partial charge in [-0.3, -0.25) is 9.59 Å². The SMILES string of the molecule is Cc1nnnn1C(Cc1ccccc1)C(=O)N[C@@H](C)C(=O)O. The van der Waals surface area contributed by atoms with Crippen LogP contribution in [0, 0.1) is 6.92 Å². The van der Waals surface area contributed by atoms with Crippen molar-refractivity contribution in [3.63, 3.8) is 0 Å². The van der Waals surface area contributed by atoms with Gasteiger partial charge in [0.15, 0.2) is 0 Å². The summed E-state index contributed by atoms with van der Waals surface area (Å²) in [6, 6.07) is 7.71. The molecule has 2 N–H and O–H groups in total. The molecule has 1 unspecified atom stereocenters. The zero-order valence-corrected chi connectivity index (χ0v) is 12.3. The Kier molecular flexibility index (Phi) is 4.82. The molecule has 1 amide bonds. The Labute approximate surface area is 127 Å². The first-order valence-corrected chi connectivity index (χ1v) is 6.80. The van der Waals surface area contributed by atoms with E-state index in [-0.39, 0.29) is 0 Å². The van der Waals surface area contributed by atoms with E-state index in [9.17, 15) is 9.59 Å². The average Bonchev–Trinajstić information content (AvgIpc) is 2.91. The van der Waals surface area contributed by atoms with Gasteiger partial charge in [0, 0.05) is 6.42 Å². The highest BCUT2D eigenvalue weighted by Gasteiger charge is 2.26. The topological polar surface area (TPSA) is 110 Å². The Morgan fingerprint density at radius 3 is 2.55 bits per heavy atom. The molecule has 2 atom stereocenters. The normalized spacial score (nSPS) is 13.4. The van der Waals surface area contributed by atoms with Crippen molar-refractivity contribution in [3.8, 4) is 0 Å². The first kappa shape index (κ1) is 15.6. The van der Waals surface area contributed by atoms with Crippen LogP contribution in [0.1, 0.15) is 24.4 Å². The number of carboxylic acids is 1. The van der Waals surface area contributed by atoms with Crippen molar-refractivity contribution in [3.05, 3.63) is 41.7 Å². The van der Waals surface area contributed by atoms with E-state index in [2.05, 4.69) is 20.8 Å². The Morgan fingerprint density at radius 1 is 1.32 bits per heavy atom. The zero-order chi connectivity index (χ0) is 16.1. The summed E-state index contributed by atoms with van der Waals surface area (Å²) >= 11 is 0. The monoisotopic (exact) mass is 303 g/mol. The fraction of sp³-hybridized carbons (Fsp3) is 0.357. The molecule has 0 aliphatic heterocycles. The number of aliphatic carboxylic acids is 1. The third-order valence-electron chi connectivity index (χ3n) is 3.26. The van der Waals surface area contributed by atoms with Gasteiger partial charge in [0.25, 0.3) is 0 Å². The largest absolute Gasteiger partial charge is 0.480 e. The van der Waals surface area contributed by atoms with E-state index in [1.807, 2.05) is 30.3 Å². The molecule has 2 aromatic rings. The lowest BCUT2D eigenvalue weighted by molar-refractivity contribution is -0.141. The third-order valence-corrected chi connectivity index (χ3v) is 3.26. The van der Waals surface area contributed by atoms with Gasteiger partial charge in [-0.1, -0.05) is 30.3 Å². The Bertz CT molecular complexity index is 656. The summed E-state index contributed by atoms with van der Waals surface area (Å²) in [5.41, 5.74) is 0.931. The fourth-order valence-electron chi connectivity index (χ4n) is 2.03. The molecule has 0 spiro atoms. The smallest absolute Gasteiger partial charge is 0.325 e. The molecule has 8 nitrogen and oxygen atoms in total. The van der Waals surface area contributed by atoms with Crippen LogP contribution in [0.4, 0.5) is 0 Å². The molecule has 0 aliphatic rings. The number of carboxylic acid groups (broad SMARTS) is 1. The summed E-state index contributed by atoms with van der Waals surface area (Å²) in [6.07, 6.45) is 0.366. The van der Waals surface area contributed by atoms with Crippen LogP contribution >= 0.6 is 0 Å². The van der Waals surface area contributed by atoms with E-state index < -0.39 is 24.0 Å². The van der Waals surface area contributed by atoms with Gasteiger partial charge in [-0.15, -0.1) is 5.10 Å².